The van der Waals surface area contributed by atoms with Gasteiger partial charge in [0.25, 0.3) is 0 Å². The Kier molecular flexibility index (Phi) is 5.08. The zero-order valence-electron chi connectivity index (χ0n) is 12.6. The molecule has 0 amide bonds. The minimum Gasteiger partial charge on any atom is -0.376 e. The molecule has 112 valence electrons. The van der Waals surface area contributed by atoms with Gasteiger partial charge in [-0.25, -0.2) is 0 Å². The molecule has 1 heterocycles. The van der Waals surface area contributed by atoms with Crippen molar-refractivity contribution in [2.75, 3.05) is 19.7 Å². The summed E-state index contributed by atoms with van der Waals surface area (Å²) in [5.41, 5.74) is 7.34. The van der Waals surface area contributed by atoms with Gasteiger partial charge >= 0.3 is 0 Å². The fraction of sp³-hybridized carbons (Fsp3) is 0.625. The minimum absolute atomic E-state index is 0.0503. The molecule has 1 fully saturated rings. The van der Waals surface area contributed by atoms with Crippen molar-refractivity contribution >= 4 is 11.6 Å². The second kappa shape index (κ2) is 6.44. The van der Waals surface area contributed by atoms with E-state index in [1.54, 1.807) is 0 Å². The number of rotatable bonds is 4. The molecular formula is C16H25ClN2O. The molecule has 1 saturated heterocycles. The van der Waals surface area contributed by atoms with E-state index in [9.17, 15) is 0 Å². The lowest BCUT2D eigenvalue weighted by molar-refractivity contribution is -0.0881. The van der Waals surface area contributed by atoms with Gasteiger partial charge < -0.3 is 10.5 Å². The first kappa shape index (κ1) is 15.8. The van der Waals surface area contributed by atoms with Crippen molar-refractivity contribution in [3.05, 3.63) is 34.9 Å². The second-order valence-electron chi connectivity index (χ2n) is 6.15. The number of benzene rings is 1. The number of hydrogen-bond donors (Lipinski definition) is 1. The maximum atomic E-state index is 6.11. The van der Waals surface area contributed by atoms with E-state index in [-0.39, 0.29) is 11.6 Å². The van der Waals surface area contributed by atoms with E-state index >= 15 is 0 Å². The van der Waals surface area contributed by atoms with Gasteiger partial charge in [-0.1, -0.05) is 23.7 Å². The first-order valence-electron chi connectivity index (χ1n) is 7.27. The third-order valence-corrected chi connectivity index (χ3v) is 4.49. The first-order valence-corrected chi connectivity index (χ1v) is 7.65. The molecule has 0 aromatic heterocycles. The molecule has 20 heavy (non-hydrogen) atoms. The van der Waals surface area contributed by atoms with Crippen molar-refractivity contribution in [3.8, 4) is 0 Å². The molecule has 0 radical (unpaired) electrons. The van der Waals surface area contributed by atoms with Crippen LogP contribution in [0.4, 0.5) is 0 Å². The van der Waals surface area contributed by atoms with Gasteiger partial charge in [-0.15, -0.1) is 0 Å². The summed E-state index contributed by atoms with van der Waals surface area (Å²) < 4.78 is 5.73. The molecule has 0 saturated carbocycles. The minimum atomic E-state index is -0.0503. The van der Waals surface area contributed by atoms with E-state index in [2.05, 4.69) is 37.8 Å². The molecule has 3 nitrogen and oxygen atoms in total. The van der Waals surface area contributed by atoms with Gasteiger partial charge in [0.15, 0.2) is 0 Å². The summed E-state index contributed by atoms with van der Waals surface area (Å²) in [6.07, 6.45) is 1.19. The summed E-state index contributed by atoms with van der Waals surface area (Å²) in [5, 5.41) is 0.775. The van der Waals surface area contributed by atoms with Crippen LogP contribution in [0, 0.1) is 0 Å². The fourth-order valence-corrected chi connectivity index (χ4v) is 3.11. The Bertz CT molecular complexity index is 437. The molecule has 0 spiro atoms. The van der Waals surface area contributed by atoms with Gasteiger partial charge in [-0.05, 0) is 44.9 Å². The van der Waals surface area contributed by atoms with E-state index in [1.807, 2.05) is 12.1 Å². The SMILES string of the molecule is CC1CN(C(C)(CN)Cc2ccc(Cl)cc2)C(C)CO1. The largest absolute Gasteiger partial charge is 0.376 e. The van der Waals surface area contributed by atoms with Crippen molar-refractivity contribution < 1.29 is 4.74 Å². The van der Waals surface area contributed by atoms with Crippen LogP contribution >= 0.6 is 11.6 Å². The molecule has 3 atom stereocenters. The molecule has 2 rings (SSSR count). The van der Waals surface area contributed by atoms with Crippen LogP contribution in [0.15, 0.2) is 24.3 Å². The van der Waals surface area contributed by atoms with Crippen LogP contribution in [0.2, 0.25) is 5.02 Å². The summed E-state index contributed by atoms with van der Waals surface area (Å²) in [6, 6.07) is 8.46. The average Bonchev–Trinajstić information content (AvgIpc) is 2.44. The van der Waals surface area contributed by atoms with E-state index in [0.717, 1.165) is 24.6 Å². The number of nitrogens with zero attached hydrogens (tertiary/aromatic N) is 1. The average molecular weight is 297 g/mol. The highest BCUT2D eigenvalue weighted by Gasteiger charge is 2.37. The standard InChI is InChI=1S/C16H25ClN2O/c1-12-10-20-13(2)9-19(12)16(3,11-18)8-14-4-6-15(17)7-5-14/h4-7,12-13H,8-11,18H2,1-3H3. The first-order chi connectivity index (χ1) is 9.44. The third kappa shape index (κ3) is 3.53. The summed E-state index contributed by atoms with van der Waals surface area (Å²) in [7, 11) is 0. The third-order valence-electron chi connectivity index (χ3n) is 4.24. The monoisotopic (exact) mass is 296 g/mol. The Balaban J connectivity index is 2.16. The predicted molar refractivity (Wildman–Crippen MR) is 84.2 cm³/mol. The quantitative estimate of drug-likeness (QED) is 0.928. The molecule has 1 aliphatic heterocycles. The predicted octanol–water partition coefficient (Wildman–Crippen LogP) is 2.71. The van der Waals surface area contributed by atoms with Gasteiger partial charge in [0.05, 0.1) is 12.7 Å². The number of hydrogen-bond acceptors (Lipinski definition) is 3. The highest BCUT2D eigenvalue weighted by molar-refractivity contribution is 6.30. The van der Waals surface area contributed by atoms with Crippen molar-refractivity contribution in [1.82, 2.24) is 4.90 Å². The van der Waals surface area contributed by atoms with Crippen molar-refractivity contribution in [2.45, 2.75) is 44.9 Å². The zero-order valence-corrected chi connectivity index (χ0v) is 13.4. The van der Waals surface area contributed by atoms with Crippen molar-refractivity contribution in [2.24, 2.45) is 5.73 Å². The maximum Gasteiger partial charge on any atom is 0.0675 e. The lowest BCUT2D eigenvalue weighted by Crippen LogP contribution is -2.61. The summed E-state index contributed by atoms with van der Waals surface area (Å²) >= 11 is 5.96. The van der Waals surface area contributed by atoms with Crippen LogP contribution in [0.3, 0.4) is 0 Å². The summed E-state index contributed by atoms with van der Waals surface area (Å²) in [5.74, 6) is 0. The molecule has 0 aliphatic carbocycles. The van der Waals surface area contributed by atoms with Crippen LogP contribution in [-0.2, 0) is 11.2 Å². The zero-order chi connectivity index (χ0) is 14.8. The molecule has 1 aliphatic rings. The molecule has 3 unspecified atom stereocenters. The molecule has 4 heteroatoms. The maximum absolute atomic E-state index is 6.11. The van der Waals surface area contributed by atoms with E-state index in [0.29, 0.717) is 12.6 Å². The van der Waals surface area contributed by atoms with Gasteiger partial charge in [0, 0.05) is 29.7 Å². The van der Waals surface area contributed by atoms with Crippen molar-refractivity contribution in [3.63, 3.8) is 0 Å². The Morgan fingerprint density at radius 2 is 2.00 bits per heavy atom. The van der Waals surface area contributed by atoms with Gasteiger partial charge in [-0.2, -0.15) is 0 Å². The highest BCUT2D eigenvalue weighted by Crippen LogP contribution is 2.26. The summed E-state index contributed by atoms with van der Waals surface area (Å²) in [6.45, 7) is 8.92. The van der Waals surface area contributed by atoms with Crippen LogP contribution < -0.4 is 5.73 Å². The molecule has 1 aromatic rings. The van der Waals surface area contributed by atoms with Crippen LogP contribution in [0.1, 0.15) is 26.3 Å². The van der Waals surface area contributed by atoms with Gasteiger partial charge in [-0.3, -0.25) is 4.90 Å². The summed E-state index contributed by atoms with van der Waals surface area (Å²) in [4.78, 5) is 2.50. The Morgan fingerprint density at radius 3 is 2.60 bits per heavy atom. The van der Waals surface area contributed by atoms with Crippen molar-refractivity contribution in [1.29, 1.82) is 0 Å². The van der Waals surface area contributed by atoms with Crippen LogP contribution in [0.5, 0.6) is 0 Å². The Labute approximate surface area is 127 Å². The van der Waals surface area contributed by atoms with E-state index < -0.39 is 0 Å². The molecular weight excluding hydrogens is 272 g/mol. The molecule has 1 aromatic carbocycles. The number of halogens is 1. The number of ether oxygens (including phenoxy) is 1. The second-order valence-corrected chi connectivity index (χ2v) is 6.59. The molecule has 0 bridgehead atoms. The lowest BCUT2D eigenvalue weighted by Gasteiger charge is -2.48. The smallest absolute Gasteiger partial charge is 0.0675 e. The van der Waals surface area contributed by atoms with Crippen LogP contribution in [0.25, 0.3) is 0 Å². The molecule has 2 N–H and O–H groups in total. The van der Waals surface area contributed by atoms with Crippen LogP contribution in [-0.4, -0.2) is 42.3 Å². The topological polar surface area (TPSA) is 38.5 Å². The van der Waals surface area contributed by atoms with Gasteiger partial charge in [0.2, 0.25) is 0 Å². The highest BCUT2D eigenvalue weighted by atomic mass is 35.5. The Hall–Kier alpha value is -0.610. The number of nitrogens with two attached hydrogens (primary N) is 1. The number of morpholine rings is 1. The lowest BCUT2D eigenvalue weighted by atomic mass is 9.88. The Morgan fingerprint density at radius 1 is 1.35 bits per heavy atom. The fourth-order valence-electron chi connectivity index (χ4n) is 2.99. The van der Waals surface area contributed by atoms with E-state index in [4.69, 9.17) is 22.1 Å². The van der Waals surface area contributed by atoms with Gasteiger partial charge in [0.1, 0.15) is 0 Å². The normalized spacial score (nSPS) is 27.2. The van der Waals surface area contributed by atoms with E-state index in [1.165, 1.54) is 5.56 Å².